The lowest BCUT2D eigenvalue weighted by atomic mass is 10.2. The minimum Gasteiger partial charge on any atom is -0.313 e. The molecule has 1 atom stereocenters. The van der Waals surface area contributed by atoms with E-state index in [4.69, 9.17) is 0 Å². The highest BCUT2D eigenvalue weighted by molar-refractivity contribution is 9.10. The highest BCUT2D eigenvalue weighted by atomic mass is 79.9. The van der Waals surface area contributed by atoms with Gasteiger partial charge in [-0.05, 0) is 32.0 Å². The zero-order chi connectivity index (χ0) is 16.0. The van der Waals surface area contributed by atoms with Crippen molar-refractivity contribution in [3.63, 3.8) is 0 Å². The van der Waals surface area contributed by atoms with E-state index in [-0.39, 0.29) is 17.5 Å². The smallest absolute Gasteiger partial charge is 0.243 e. The molecule has 1 unspecified atom stereocenters. The highest BCUT2D eigenvalue weighted by Gasteiger charge is 2.23. The van der Waals surface area contributed by atoms with E-state index in [0.717, 1.165) is 6.42 Å². The summed E-state index contributed by atoms with van der Waals surface area (Å²) in [6.45, 7) is 6.62. The van der Waals surface area contributed by atoms with Crippen LogP contribution in [0.4, 0.5) is 4.39 Å². The molecule has 0 aliphatic heterocycles. The maximum absolute atomic E-state index is 14.4. The number of sulfonamides is 1. The molecule has 4 nitrogen and oxygen atoms in total. The summed E-state index contributed by atoms with van der Waals surface area (Å²) < 4.78 is 42.1. The van der Waals surface area contributed by atoms with E-state index in [2.05, 4.69) is 26.0 Å². The molecular weight excluding hydrogens is 359 g/mol. The number of nitrogens with one attached hydrogen (secondary N) is 2. The molecule has 0 aliphatic rings. The van der Waals surface area contributed by atoms with Gasteiger partial charge in [-0.3, -0.25) is 0 Å². The fraction of sp³-hybridized carbons (Fsp3) is 0.571. The van der Waals surface area contributed by atoms with Gasteiger partial charge in [0.15, 0.2) is 0 Å². The first-order valence-electron chi connectivity index (χ1n) is 7.02. The topological polar surface area (TPSA) is 58.2 Å². The molecule has 0 aromatic heterocycles. The molecule has 1 rings (SSSR count). The number of rotatable bonds is 8. The predicted molar refractivity (Wildman–Crippen MR) is 86.2 cm³/mol. The van der Waals surface area contributed by atoms with Crippen LogP contribution >= 0.6 is 15.9 Å². The minimum atomic E-state index is -3.87. The van der Waals surface area contributed by atoms with Crippen molar-refractivity contribution in [2.24, 2.45) is 0 Å². The summed E-state index contributed by atoms with van der Waals surface area (Å²) in [5.74, 6) is -0.699. The minimum absolute atomic E-state index is 0.226. The van der Waals surface area contributed by atoms with E-state index in [0.29, 0.717) is 23.0 Å². The average molecular weight is 381 g/mol. The van der Waals surface area contributed by atoms with Gasteiger partial charge in [0.05, 0.1) is 0 Å². The van der Waals surface area contributed by atoms with Crippen LogP contribution in [0.15, 0.2) is 21.5 Å². The molecule has 0 saturated carbocycles. The molecule has 0 bridgehead atoms. The first-order valence-corrected chi connectivity index (χ1v) is 9.30. The molecule has 0 radical (unpaired) electrons. The van der Waals surface area contributed by atoms with Gasteiger partial charge in [0.1, 0.15) is 10.7 Å². The fourth-order valence-corrected chi connectivity index (χ4v) is 4.10. The number of hydrogen-bond acceptors (Lipinski definition) is 3. The SMILES string of the molecule is CCCC(C)NS(=O)(=O)c1cc(Br)cc(CNCC)c1F. The van der Waals surface area contributed by atoms with Crippen molar-refractivity contribution in [3.8, 4) is 0 Å². The van der Waals surface area contributed by atoms with Gasteiger partial charge >= 0.3 is 0 Å². The molecule has 120 valence electrons. The Hall–Kier alpha value is -0.500. The van der Waals surface area contributed by atoms with E-state index >= 15 is 0 Å². The summed E-state index contributed by atoms with van der Waals surface area (Å²) in [6.07, 6.45) is 1.56. The van der Waals surface area contributed by atoms with Gasteiger partial charge < -0.3 is 5.32 Å². The van der Waals surface area contributed by atoms with E-state index < -0.39 is 15.8 Å². The predicted octanol–water partition coefficient (Wildman–Crippen LogP) is 3.16. The van der Waals surface area contributed by atoms with E-state index in [1.165, 1.54) is 6.07 Å². The molecule has 2 N–H and O–H groups in total. The fourth-order valence-electron chi connectivity index (χ4n) is 2.02. The second kappa shape index (κ2) is 8.22. The average Bonchev–Trinajstić information content (AvgIpc) is 2.38. The summed E-state index contributed by atoms with van der Waals surface area (Å²) in [6, 6.07) is 2.66. The molecule has 21 heavy (non-hydrogen) atoms. The summed E-state index contributed by atoms with van der Waals surface area (Å²) >= 11 is 3.24. The first kappa shape index (κ1) is 18.5. The van der Waals surface area contributed by atoms with Gasteiger partial charge in [-0.2, -0.15) is 0 Å². The Bertz CT molecular complexity index is 579. The number of halogens is 2. The van der Waals surface area contributed by atoms with Crippen LogP contribution < -0.4 is 10.0 Å². The molecule has 1 aromatic rings. The first-order chi connectivity index (χ1) is 9.81. The van der Waals surface area contributed by atoms with Crippen molar-refractivity contribution >= 4 is 26.0 Å². The number of benzene rings is 1. The summed E-state index contributed by atoms with van der Waals surface area (Å²) in [5, 5.41) is 3.00. The van der Waals surface area contributed by atoms with Crippen molar-refractivity contribution in [1.29, 1.82) is 0 Å². The molecular formula is C14H22BrFN2O2S. The number of hydrogen-bond donors (Lipinski definition) is 2. The molecule has 0 spiro atoms. The van der Waals surface area contributed by atoms with Crippen molar-refractivity contribution < 1.29 is 12.8 Å². The van der Waals surface area contributed by atoms with Crippen LogP contribution in [-0.4, -0.2) is 21.0 Å². The standard InChI is InChI=1S/C14H22BrFN2O2S/c1-4-6-10(3)18-21(19,20)13-8-12(15)7-11(14(13)16)9-17-5-2/h7-8,10,17-18H,4-6,9H2,1-3H3. The molecule has 1 aromatic carbocycles. The third-order valence-corrected chi connectivity index (χ3v) is 5.06. The molecule has 0 aliphatic carbocycles. The lowest BCUT2D eigenvalue weighted by molar-refractivity contribution is 0.524. The largest absolute Gasteiger partial charge is 0.313 e. The van der Waals surface area contributed by atoms with E-state index in [1.54, 1.807) is 13.0 Å². The maximum Gasteiger partial charge on any atom is 0.243 e. The van der Waals surface area contributed by atoms with Gasteiger partial charge in [0, 0.05) is 22.6 Å². The second-order valence-corrected chi connectivity index (χ2v) is 7.57. The van der Waals surface area contributed by atoms with E-state index in [9.17, 15) is 12.8 Å². The maximum atomic E-state index is 14.4. The lowest BCUT2D eigenvalue weighted by Gasteiger charge is -2.15. The van der Waals surface area contributed by atoms with Gasteiger partial charge in [-0.1, -0.05) is 36.2 Å². The zero-order valence-corrected chi connectivity index (χ0v) is 14.9. The molecule has 0 fully saturated rings. The van der Waals surface area contributed by atoms with Crippen molar-refractivity contribution in [1.82, 2.24) is 10.0 Å². The molecule has 7 heteroatoms. The quantitative estimate of drug-likeness (QED) is 0.727. The summed E-state index contributed by atoms with van der Waals surface area (Å²) in [7, 11) is -3.87. The van der Waals surface area contributed by atoms with Gasteiger partial charge in [-0.25, -0.2) is 17.5 Å². The van der Waals surface area contributed by atoms with Crippen LogP contribution in [0.5, 0.6) is 0 Å². The second-order valence-electron chi connectivity index (χ2n) is 4.97. The highest BCUT2D eigenvalue weighted by Crippen LogP contribution is 2.24. The third kappa shape index (κ3) is 5.32. The van der Waals surface area contributed by atoms with Crippen molar-refractivity contribution in [3.05, 3.63) is 28.0 Å². The zero-order valence-electron chi connectivity index (χ0n) is 12.5. The molecule has 0 saturated heterocycles. The Morgan fingerprint density at radius 1 is 1.33 bits per heavy atom. The third-order valence-electron chi connectivity index (χ3n) is 3.01. The Morgan fingerprint density at radius 3 is 2.57 bits per heavy atom. The van der Waals surface area contributed by atoms with Crippen LogP contribution in [0.25, 0.3) is 0 Å². The van der Waals surface area contributed by atoms with Crippen LogP contribution in [0.3, 0.4) is 0 Å². The van der Waals surface area contributed by atoms with Crippen molar-refractivity contribution in [2.45, 2.75) is 51.1 Å². The Labute approximate surface area is 134 Å². The van der Waals surface area contributed by atoms with Crippen LogP contribution in [0.2, 0.25) is 0 Å². The van der Waals surface area contributed by atoms with Crippen LogP contribution in [0.1, 0.15) is 39.2 Å². The van der Waals surface area contributed by atoms with E-state index in [1.807, 2.05) is 13.8 Å². The summed E-state index contributed by atoms with van der Waals surface area (Å²) in [4.78, 5) is -0.312. The Balaban J connectivity index is 3.13. The lowest BCUT2D eigenvalue weighted by Crippen LogP contribution is -2.33. The Morgan fingerprint density at radius 2 is 2.00 bits per heavy atom. The van der Waals surface area contributed by atoms with Crippen molar-refractivity contribution in [2.75, 3.05) is 6.54 Å². The Kier molecular flexibility index (Phi) is 7.26. The van der Waals surface area contributed by atoms with Gasteiger partial charge in [0.25, 0.3) is 0 Å². The molecule has 0 heterocycles. The summed E-state index contributed by atoms with van der Waals surface area (Å²) in [5.41, 5.74) is 0.328. The normalized spacial score (nSPS) is 13.4. The molecule has 0 amide bonds. The van der Waals surface area contributed by atoms with Gasteiger partial charge in [0.2, 0.25) is 10.0 Å². The van der Waals surface area contributed by atoms with Gasteiger partial charge in [-0.15, -0.1) is 0 Å². The van der Waals surface area contributed by atoms with Crippen LogP contribution in [-0.2, 0) is 16.6 Å². The van der Waals surface area contributed by atoms with Crippen LogP contribution in [0, 0.1) is 5.82 Å². The monoisotopic (exact) mass is 380 g/mol.